The largest absolute Gasteiger partial charge is 0.357 e. The Morgan fingerprint density at radius 2 is 1.96 bits per heavy atom. The lowest BCUT2D eigenvalue weighted by molar-refractivity contribution is 0.615. The van der Waals surface area contributed by atoms with Crippen LogP contribution >= 0.6 is 0 Å². The Morgan fingerprint density at radius 1 is 1.11 bits per heavy atom. The number of imidazole rings is 1. The lowest BCUT2D eigenvalue weighted by atomic mass is 10.1. The average molecular weight is 379 g/mol. The average Bonchev–Trinajstić information content (AvgIpc) is 3.20. The van der Waals surface area contributed by atoms with Crippen molar-refractivity contribution in [1.29, 1.82) is 0 Å². The molecule has 0 atom stereocenters. The molecule has 0 aliphatic heterocycles. The van der Waals surface area contributed by atoms with Crippen LogP contribution in [0.3, 0.4) is 0 Å². The minimum absolute atomic E-state index is 0.184. The molecule has 0 spiro atoms. The van der Waals surface area contributed by atoms with E-state index in [9.17, 15) is 4.39 Å². The summed E-state index contributed by atoms with van der Waals surface area (Å²) < 4.78 is 15.8. The van der Waals surface area contributed by atoms with Gasteiger partial charge in [0.1, 0.15) is 5.82 Å². The zero-order chi connectivity index (χ0) is 19.8. The first-order chi connectivity index (χ1) is 13.6. The summed E-state index contributed by atoms with van der Waals surface area (Å²) >= 11 is 0. The van der Waals surface area contributed by atoms with Crippen molar-refractivity contribution in [3.63, 3.8) is 0 Å². The minimum Gasteiger partial charge on any atom is -0.357 e. The summed E-state index contributed by atoms with van der Waals surface area (Å²) in [4.78, 5) is 8.74. The number of benzene rings is 2. The standard InChI is InChI=1S/C22H26FN5/c1-3-25-22(27-14-19-8-7-17(2)21(23)12-19)26-13-18-5-4-6-20(11-18)15-28-10-9-24-16-28/h4-12,16H,3,13-15H2,1-2H3,(H2,25,26,27). The summed E-state index contributed by atoms with van der Waals surface area (Å²) in [6.07, 6.45) is 5.54. The molecule has 146 valence electrons. The van der Waals surface area contributed by atoms with E-state index in [0.717, 1.165) is 24.2 Å². The Morgan fingerprint density at radius 3 is 2.71 bits per heavy atom. The van der Waals surface area contributed by atoms with Crippen molar-refractivity contribution in [3.05, 3.63) is 89.3 Å². The number of rotatable bonds is 7. The number of hydrogen-bond donors (Lipinski definition) is 2. The van der Waals surface area contributed by atoms with E-state index >= 15 is 0 Å². The fraction of sp³-hybridized carbons (Fsp3) is 0.273. The van der Waals surface area contributed by atoms with Crippen LogP contribution in [0.2, 0.25) is 0 Å². The van der Waals surface area contributed by atoms with Gasteiger partial charge in [-0.3, -0.25) is 0 Å². The number of aryl methyl sites for hydroxylation is 1. The van der Waals surface area contributed by atoms with Gasteiger partial charge in [-0.15, -0.1) is 0 Å². The van der Waals surface area contributed by atoms with Gasteiger partial charge >= 0.3 is 0 Å². The maximum Gasteiger partial charge on any atom is 0.191 e. The van der Waals surface area contributed by atoms with Gasteiger partial charge in [0.25, 0.3) is 0 Å². The maximum atomic E-state index is 13.7. The predicted octanol–water partition coefficient (Wildman–Crippen LogP) is 3.63. The maximum absolute atomic E-state index is 13.7. The first-order valence-electron chi connectivity index (χ1n) is 9.45. The molecule has 3 rings (SSSR count). The van der Waals surface area contributed by atoms with Gasteiger partial charge in [-0.2, -0.15) is 0 Å². The van der Waals surface area contributed by atoms with Crippen LogP contribution in [0.5, 0.6) is 0 Å². The molecule has 2 aromatic carbocycles. The van der Waals surface area contributed by atoms with E-state index in [0.29, 0.717) is 24.6 Å². The monoisotopic (exact) mass is 379 g/mol. The first-order valence-corrected chi connectivity index (χ1v) is 9.45. The number of guanidine groups is 1. The predicted molar refractivity (Wildman–Crippen MR) is 111 cm³/mol. The van der Waals surface area contributed by atoms with E-state index in [1.165, 1.54) is 5.56 Å². The fourth-order valence-electron chi connectivity index (χ4n) is 2.86. The van der Waals surface area contributed by atoms with Gasteiger partial charge in [0.2, 0.25) is 0 Å². The smallest absolute Gasteiger partial charge is 0.191 e. The summed E-state index contributed by atoms with van der Waals surface area (Å²) in [5, 5.41) is 6.50. The molecular weight excluding hydrogens is 353 g/mol. The third-order valence-electron chi connectivity index (χ3n) is 4.38. The van der Waals surface area contributed by atoms with Crippen LogP contribution in [-0.4, -0.2) is 22.1 Å². The molecule has 0 amide bonds. The Kier molecular flexibility index (Phi) is 6.78. The molecule has 0 saturated heterocycles. The highest BCUT2D eigenvalue weighted by Crippen LogP contribution is 2.10. The topological polar surface area (TPSA) is 54.2 Å². The molecule has 0 unspecified atom stereocenters. The zero-order valence-corrected chi connectivity index (χ0v) is 16.3. The number of nitrogens with zero attached hydrogens (tertiary/aromatic N) is 3. The Bertz CT molecular complexity index is 918. The van der Waals surface area contributed by atoms with Crippen molar-refractivity contribution < 1.29 is 4.39 Å². The second kappa shape index (κ2) is 9.69. The van der Waals surface area contributed by atoms with Crippen LogP contribution in [0.4, 0.5) is 4.39 Å². The van der Waals surface area contributed by atoms with Crippen LogP contribution in [0.15, 0.2) is 66.2 Å². The molecule has 0 aliphatic carbocycles. The number of nitrogens with one attached hydrogen (secondary N) is 2. The third kappa shape index (κ3) is 5.67. The van der Waals surface area contributed by atoms with E-state index < -0.39 is 0 Å². The minimum atomic E-state index is -0.184. The molecule has 5 nitrogen and oxygen atoms in total. The van der Waals surface area contributed by atoms with Crippen LogP contribution in [0.1, 0.15) is 29.2 Å². The summed E-state index contributed by atoms with van der Waals surface area (Å²) in [7, 11) is 0. The number of aromatic nitrogens is 2. The molecule has 0 radical (unpaired) electrons. The van der Waals surface area contributed by atoms with Crippen LogP contribution in [0.25, 0.3) is 0 Å². The zero-order valence-electron chi connectivity index (χ0n) is 16.3. The van der Waals surface area contributed by atoms with Gasteiger partial charge in [-0.1, -0.05) is 36.4 Å². The lowest BCUT2D eigenvalue weighted by Gasteiger charge is -2.12. The van der Waals surface area contributed by atoms with E-state index in [1.807, 2.05) is 36.1 Å². The van der Waals surface area contributed by atoms with E-state index in [4.69, 9.17) is 0 Å². The molecule has 1 heterocycles. The third-order valence-corrected chi connectivity index (χ3v) is 4.38. The van der Waals surface area contributed by atoms with Crippen molar-refractivity contribution in [3.8, 4) is 0 Å². The molecule has 0 saturated carbocycles. The molecule has 3 aromatic rings. The van der Waals surface area contributed by atoms with E-state index in [2.05, 4.69) is 38.8 Å². The summed E-state index contributed by atoms with van der Waals surface area (Å²) in [6, 6.07) is 13.7. The number of halogens is 1. The summed E-state index contributed by atoms with van der Waals surface area (Å²) in [5.74, 6) is 0.527. The van der Waals surface area contributed by atoms with Gasteiger partial charge in [0, 0.05) is 32.0 Å². The number of aliphatic imine (C=N–C) groups is 1. The van der Waals surface area contributed by atoms with Gasteiger partial charge < -0.3 is 15.2 Å². The van der Waals surface area contributed by atoms with Crippen molar-refractivity contribution in [1.82, 2.24) is 20.2 Å². The quantitative estimate of drug-likeness (QED) is 0.487. The molecule has 6 heteroatoms. The molecule has 0 fully saturated rings. The summed E-state index contributed by atoms with van der Waals surface area (Å²) in [5.41, 5.74) is 3.88. The normalized spacial score (nSPS) is 11.5. The van der Waals surface area contributed by atoms with E-state index in [1.54, 1.807) is 25.3 Å². The fourth-order valence-corrected chi connectivity index (χ4v) is 2.86. The second-order valence-corrected chi connectivity index (χ2v) is 6.69. The molecule has 28 heavy (non-hydrogen) atoms. The van der Waals surface area contributed by atoms with Crippen LogP contribution < -0.4 is 10.6 Å². The van der Waals surface area contributed by atoms with Gasteiger partial charge in [0.15, 0.2) is 5.96 Å². The highest BCUT2D eigenvalue weighted by Gasteiger charge is 2.03. The SMILES string of the molecule is CCNC(=NCc1cccc(Cn2ccnc2)c1)NCc1ccc(C)c(F)c1. The Hall–Kier alpha value is -3.15. The summed E-state index contributed by atoms with van der Waals surface area (Å²) in [6.45, 7) is 6.41. The molecule has 1 aromatic heterocycles. The number of hydrogen-bond acceptors (Lipinski definition) is 2. The van der Waals surface area contributed by atoms with Crippen molar-refractivity contribution in [2.24, 2.45) is 4.99 Å². The van der Waals surface area contributed by atoms with Crippen molar-refractivity contribution in [2.45, 2.75) is 33.5 Å². The molecule has 0 bridgehead atoms. The highest BCUT2D eigenvalue weighted by atomic mass is 19.1. The van der Waals surface area contributed by atoms with Gasteiger partial charge in [-0.05, 0) is 42.2 Å². The van der Waals surface area contributed by atoms with Crippen LogP contribution in [-0.2, 0) is 19.6 Å². The second-order valence-electron chi connectivity index (χ2n) is 6.69. The molecule has 2 N–H and O–H groups in total. The first kappa shape index (κ1) is 19.6. The molecular formula is C22H26FN5. The molecule has 0 aliphatic rings. The Labute approximate surface area is 165 Å². The lowest BCUT2D eigenvalue weighted by Crippen LogP contribution is -2.36. The highest BCUT2D eigenvalue weighted by molar-refractivity contribution is 5.79. The van der Waals surface area contributed by atoms with Crippen molar-refractivity contribution in [2.75, 3.05) is 6.54 Å². The van der Waals surface area contributed by atoms with Gasteiger partial charge in [-0.25, -0.2) is 14.4 Å². The van der Waals surface area contributed by atoms with Gasteiger partial charge in [0.05, 0.1) is 12.9 Å². The Balaban J connectivity index is 1.62. The van der Waals surface area contributed by atoms with E-state index in [-0.39, 0.29) is 5.82 Å². The van der Waals surface area contributed by atoms with Crippen molar-refractivity contribution >= 4 is 5.96 Å². The van der Waals surface area contributed by atoms with Crippen LogP contribution in [0, 0.1) is 12.7 Å².